The maximum atomic E-state index is 7.75. The molecule has 0 aliphatic rings. The summed E-state index contributed by atoms with van der Waals surface area (Å²) in [5.74, 6) is -0.565. The van der Waals surface area contributed by atoms with E-state index in [9.17, 15) is 0 Å². The molecule has 0 aromatic rings. The molecule has 0 fully saturated rings. The van der Waals surface area contributed by atoms with Crippen molar-refractivity contribution in [1.82, 2.24) is 0 Å². The Bertz CT molecular complexity index is 45.6. The van der Waals surface area contributed by atoms with Gasteiger partial charge in [-0.2, -0.15) is 0 Å². The lowest BCUT2D eigenvalue weighted by molar-refractivity contribution is 0.357. The Kier molecular flexibility index (Phi) is 1.21. The van der Waals surface area contributed by atoms with Gasteiger partial charge in [-0.3, -0.25) is 0 Å². The largest absolute Gasteiger partial charge is 0.510 e. The van der Waals surface area contributed by atoms with Crippen molar-refractivity contribution in [3.63, 3.8) is 0 Å². The van der Waals surface area contributed by atoms with E-state index in [1.165, 1.54) is 0 Å². The van der Waals surface area contributed by atoms with Crippen LogP contribution >= 0.6 is 0 Å². The molecular weight excluding hydrogens is 70.0 g/mol. The average molecular weight is 75.1 g/mol. The Labute approximate surface area is 29.3 Å². The highest BCUT2D eigenvalue weighted by Crippen LogP contribution is 1.61. The van der Waals surface area contributed by atoms with Crippen LogP contribution in [0.2, 0.25) is 0 Å². The van der Waals surface area contributed by atoms with Gasteiger partial charge in [-0.1, -0.05) is 0 Å². The molecule has 0 unspecified atom stereocenters. The van der Waals surface area contributed by atoms with Gasteiger partial charge in [0.15, 0.2) is 0 Å². The second-order valence-electron chi connectivity index (χ2n) is 0.554. The molecule has 3 nitrogen and oxygen atoms in total. The maximum Gasteiger partial charge on any atom is 0.217 e. The van der Waals surface area contributed by atoms with Crippen LogP contribution in [-0.2, 0) is 0 Å². The van der Waals surface area contributed by atoms with Crippen molar-refractivity contribution in [3.8, 4) is 0 Å². The summed E-state index contributed by atoms with van der Waals surface area (Å²) in [5.41, 5.74) is 4.46. The molecular formula is C2H5NO2. The van der Waals surface area contributed by atoms with Crippen LogP contribution in [0.5, 0.6) is 0 Å². The van der Waals surface area contributed by atoms with Gasteiger partial charge in [-0.15, -0.1) is 0 Å². The van der Waals surface area contributed by atoms with Crippen molar-refractivity contribution in [3.05, 3.63) is 12.1 Å². The lowest BCUT2D eigenvalue weighted by Crippen LogP contribution is -1.92. The molecule has 5 heavy (non-hydrogen) atoms. The first-order valence-electron chi connectivity index (χ1n) is 1.06. The number of nitrogens with two attached hydrogens (primary N) is 1. The van der Waals surface area contributed by atoms with E-state index in [4.69, 9.17) is 10.2 Å². The van der Waals surface area contributed by atoms with Crippen molar-refractivity contribution < 1.29 is 10.2 Å². The predicted molar refractivity (Wildman–Crippen MR) is 17.5 cm³/mol. The fourth-order valence-corrected chi connectivity index (χ4v) is 0. The van der Waals surface area contributed by atoms with E-state index in [2.05, 4.69) is 5.73 Å². The fraction of sp³-hybridized carbons (Fsp3) is 0. The summed E-state index contributed by atoms with van der Waals surface area (Å²) in [6.45, 7) is 0. The van der Waals surface area contributed by atoms with Crippen molar-refractivity contribution >= 4 is 0 Å². The van der Waals surface area contributed by atoms with E-state index in [-0.39, 0.29) is 0 Å². The van der Waals surface area contributed by atoms with E-state index in [0.717, 1.165) is 0 Å². The molecule has 0 aromatic carbocycles. The molecule has 0 rings (SSSR count). The first kappa shape index (κ1) is 4.14. The summed E-state index contributed by atoms with van der Waals surface area (Å²) >= 11 is 0. The van der Waals surface area contributed by atoms with E-state index in [1.54, 1.807) is 0 Å². The number of aliphatic hydroxyl groups excluding tert-OH is 2. The number of hydrogen-bond acceptors (Lipinski definition) is 3. The normalized spacial score (nSPS) is 11.6. The zero-order valence-corrected chi connectivity index (χ0v) is 2.55. The van der Waals surface area contributed by atoms with Gasteiger partial charge >= 0.3 is 0 Å². The van der Waals surface area contributed by atoms with Gasteiger partial charge in [0.1, 0.15) is 6.26 Å². The van der Waals surface area contributed by atoms with Crippen LogP contribution in [0.3, 0.4) is 0 Å². The zero-order valence-electron chi connectivity index (χ0n) is 2.55. The molecule has 0 saturated carbocycles. The molecule has 0 spiro atoms. The highest BCUT2D eigenvalue weighted by atomic mass is 16.3. The monoisotopic (exact) mass is 75.0 g/mol. The van der Waals surface area contributed by atoms with Crippen LogP contribution in [0.25, 0.3) is 0 Å². The van der Waals surface area contributed by atoms with E-state index in [0.29, 0.717) is 6.26 Å². The third kappa shape index (κ3) is 3.14. The van der Waals surface area contributed by atoms with E-state index < -0.39 is 5.88 Å². The van der Waals surface area contributed by atoms with Gasteiger partial charge < -0.3 is 15.9 Å². The quantitative estimate of drug-likeness (QED) is 0.351. The first-order valence-corrected chi connectivity index (χ1v) is 1.06. The van der Waals surface area contributed by atoms with Crippen LogP contribution in [0, 0.1) is 0 Å². The molecule has 0 atom stereocenters. The van der Waals surface area contributed by atoms with Crippen LogP contribution < -0.4 is 5.73 Å². The summed E-state index contributed by atoms with van der Waals surface area (Å²) in [7, 11) is 0. The standard InChI is InChI=1S/C2H5NO2/c3-2(5)1-4/h1,4-5H,3H2. The van der Waals surface area contributed by atoms with Gasteiger partial charge in [-0.05, 0) is 0 Å². The summed E-state index contributed by atoms with van der Waals surface area (Å²) < 4.78 is 0. The lowest BCUT2D eigenvalue weighted by atomic mass is 10.9. The van der Waals surface area contributed by atoms with Gasteiger partial charge in [0.2, 0.25) is 5.88 Å². The van der Waals surface area contributed by atoms with Crippen molar-refractivity contribution in [2.24, 2.45) is 5.73 Å². The molecule has 0 saturated heterocycles. The summed E-state index contributed by atoms with van der Waals surface area (Å²) in [6.07, 6.45) is 0.417. The Hall–Kier alpha value is -0.860. The van der Waals surface area contributed by atoms with Crippen molar-refractivity contribution in [2.45, 2.75) is 0 Å². The molecule has 0 radical (unpaired) electrons. The fourth-order valence-electron chi connectivity index (χ4n) is 0. The molecule has 3 heteroatoms. The Morgan fingerprint density at radius 1 is 1.80 bits per heavy atom. The van der Waals surface area contributed by atoms with Gasteiger partial charge in [0.05, 0.1) is 0 Å². The average Bonchev–Trinajstić information content (AvgIpc) is 1.38. The predicted octanol–water partition coefficient (Wildman–Crippen LogP) is -0.140. The van der Waals surface area contributed by atoms with Gasteiger partial charge in [-0.25, -0.2) is 0 Å². The molecule has 0 amide bonds. The first-order chi connectivity index (χ1) is 2.27. The van der Waals surface area contributed by atoms with Crippen molar-refractivity contribution in [2.75, 3.05) is 0 Å². The molecule has 0 aliphatic carbocycles. The smallest absolute Gasteiger partial charge is 0.217 e. The SMILES string of the molecule is NC(O)=CO. The number of hydrogen-bond donors (Lipinski definition) is 3. The highest BCUT2D eigenvalue weighted by Gasteiger charge is 1.65. The van der Waals surface area contributed by atoms with Crippen molar-refractivity contribution in [1.29, 1.82) is 0 Å². The van der Waals surface area contributed by atoms with Gasteiger partial charge in [0.25, 0.3) is 0 Å². The minimum atomic E-state index is -0.565. The van der Waals surface area contributed by atoms with Crippen LogP contribution in [0.1, 0.15) is 0 Å². The third-order valence-electron chi connectivity index (χ3n) is 0.132. The zero-order chi connectivity index (χ0) is 4.28. The Morgan fingerprint density at radius 2 is 2.00 bits per heavy atom. The lowest BCUT2D eigenvalue weighted by Gasteiger charge is -1.75. The number of aliphatic hydroxyl groups is 2. The number of rotatable bonds is 0. The Balaban J connectivity index is 3.14. The highest BCUT2D eigenvalue weighted by molar-refractivity contribution is 4.71. The maximum absolute atomic E-state index is 7.75. The summed E-state index contributed by atoms with van der Waals surface area (Å²) in [6, 6.07) is 0. The van der Waals surface area contributed by atoms with Crippen LogP contribution in [-0.4, -0.2) is 10.2 Å². The summed E-state index contributed by atoms with van der Waals surface area (Å²) in [4.78, 5) is 0. The topological polar surface area (TPSA) is 66.5 Å². The van der Waals surface area contributed by atoms with Crippen LogP contribution in [0.4, 0.5) is 0 Å². The molecule has 30 valence electrons. The minimum Gasteiger partial charge on any atom is -0.510 e. The summed E-state index contributed by atoms with van der Waals surface area (Å²) in [5, 5.41) is 15.4. The molecule has 0 aliphatic heterocycles. The Morgan fingerprint density at radius 3 is 2.00 bits per heavy atom. The van der Waals surface area contributed by atoms with E-state index in [1.807, 2.05) is 0 Å². The molecule has 4 N–H and O–H groups in total. The molecule has 0 aromatic heterocycles. The minimum absolute atomic E-state index is 0.417. The third-order valence-corrected chi connectivity index (χ3v) is 0.132. The van der Waals surface area contributed by atoms with E-state index >= 15 is 0 Å². The second-order valence-corrected chi connectivity index (χ2v) is 0.554. The second kappa shape index (κ2) is 1.46. The van der Waals surface area contributed by atoms with Crippen LogP contribution in [0.15, 0.2) is 12.1 Å². The van der Waals surface area contributed by atoms with Gasteiger partial charge in [0, 0.05) is 0 Å². The molecule has 0 bridgehead atoms. The molecule has 0 heterocycles.